The lowest BCUT2D eigenvalue weighted by Crippen LogP contribution is -2.35. The van der Waals surface area contributed by atoms with Gasteiger partial charge < -0.3 is 14.8 Å². The quantitative estimate of drug-likeness (QED) is 0.794. The molecule has 2 aromatic rings. The molecule has 126 valence electrons. The molecule has 0 radical (unpaired) electrons. The van der Waals surface area contributed by atoms with Gasteiger partial charge in [-0.1, -0.05) is 30.3 Å². The Balaban J connectivity index is 1.84. The highest BCUT2D eigenvalue weighted by Crippen LogP contribution is 2.13. The fraction of sp³-hybridized carbons (Fsp3) is 0.263. The number of benzene rings is 2. The molecular formula is C19H21NO4. The monoisotopic (exact) mass is 327 g/mol. The van der Waals surface area contributed by atoms with Gasteiger partial charge in [0, 0.05) is 6.54 Å². The van der Waals surface area contributed by atoms with Gasteiger partial charge in [0.05, 0.1) is 12.2 Å². The maximum absolute atomic E-state index is 12.1. The number of hydrogen-bond acceptors (Lipinski definition) is 4. The van der Waals surface area contributed by atoms with E-state index in [0.29, 0.717) is 24.5 Å². The van der Waals surface area contributed by atoms with Crippen LogP contribution >= 0.6 is 0 Å². The topological polar surface area (TPSA) is 64.6 Å². The summed E-state index contributed by atoms with van der Waals surface area (Å²) in [6.07, 6.45) is -0.868. The van der Waals surface area contributed by atoms with E-state index < -0.39 is 12.1 Å². The molecule has 1 atom stereocenters. The van der Waals surface area contributed by atoms with Gasteiger partial charge in [0.2, 0.25) is 0 Å². The number of nitrogens with one attached hydrogen (secondary N) is 1. The molecule has 0 aromatic heterocycles. The number of rotatable bonds is 7. The van der Waals surface area contributed by atoms with Crippen LogP contribution in [0.3, 0.4) is 0 Å². The second-order valence-corrected chi connectivity index (χ2v) is 5.21. The number of amides is 1. The molecule has 0 spiro atoms. The Hall–Kier alpha value is -2.82. The van der Waals surface area contributed by atoms with Crippen LogP contribution in [0.2, 0.25) is 0 Å². The van der Waals surface area contributed by atoms with E-state index in [1.165, 1.54) is 0 Å². The Morgan fingerprint density at radius 1 is 1.04 bits per heavy atom. The zero-order valence-electron chi connectivity index (χ0n) is 13.8. The van der Waals surface area contributed by atoms with Gasteiger partial charge in [0.15, 0.2) is 6.10 Å². The summed E-state index contributed by atoms with van der Waals surface area (Å²) < 4.78 is 10.5. The fourth-order valence-corrected chi connectivity index (χ4v) is 2.06. The van der Waals surface area contributed by atoms with Crippen LogP contribution in [-0.2, 0) is 16.1 Å². The molecule has 0 aliphatic rings. The van der Waals surface area contributed by atoms with Crippen molar-refractivity contribution in [2.24, 2.45) is 0 Å². The molecular weight excluding hydrogens is 306 g/mol. The maximum Gasteiger partial charge on any atom is 0.338 e. The molecule has 0 fully saturated rings. The number of carbonyl (C=O) groups is 2. The molecule has 2 rings (SSSR count). The maximum atomic E-state index is 12.1. The summed E-state index contributed by atoms with van der Waals surface area (Å²) >= 11 is 0. The number of hydrogen-bond donors (Lipinski definition) is 1. The molecule has 0 aliphatic carbocycles. The Labute approximate surface area is 141 Å². The van der Waals surface area contributed by atoms with Gasteiger partial charge in [0.25, 0.3) is 5.91 Å². The van der Waals surface area contributed by atoms with Crippen molar-refractivity contribution in [1.82, 2.24) is 5.32 Å². The molecule has 0 bridgehead atoms. The first-order valence-corrected chi connectivity index (χ1v) is 7.85. The first-order chi connectivity index (χ1) is 11.6. The van der Waals surface area contributed by atoms with Crippen molar-refractivity contribution < 1.29 is 19.1 Å². The average molecular weight is 327 g/mol. The lowest BCUT2D eigenvalue weighted by atomic mass is 10.2. The first kappa shape index (κ1) is 17.5. The largest absolute Gasteiger partial charge is 0.494 e. The van der Waals surface area contributed by atoms with E-state index in [1.54, 1.807) is 31.2 Å². The molecule has 0 unspecified atom stereocenters. The Kier molecular flexibility index (Phi) is 6.37. The Morgan fingerprint density at radius 2 is 1.71 bits per heavy atom. The highest BCUT2D eigenvalue weighted by molar-refractivity contribution is 5.92. The molecule has 2 aromatic carbocycles. The first-order valence-electron chi connectivity index (χ1n) is 7.85. The highest BCUT2D eigenvalue weighted by atomic mass is 16.5. The van der Waals surface area contributed by atoms with Crippen LogP contribution < -0.4 is 10.1 Å². The summed E-state index contributed by atoms with van der Waals surface area (Å²) in [7, 11) is 0. The lowest BCUT2D eigenvalue weighted by Gasteiger charge is -2.14. The summed E-state index contributed by atoms with van der Waals surface area (Å²) in [6.45, 7) is 4.39. The zero-order chi connectivity index (χ0) is 17.4. The third-order valence-electron chi connectivity index (χ3n) is 3.36. The SMILES string of the molecule is CCOc1ccc(C(=O)O[C@H](C)C(=O)NCc2ccccc2)cc1. The second kappa shape index (κ2) is 8.72. The van der Waals surface area contributed by atoms with Crippen LogP contribution in [0.15, 0.2) is 54.6 Å². The van der Waals surface area contributed by atoms with E-state index >= 15 is 0 Å². The Morgan fingerprint density at radius 3 is 2.33 bits per heavy atom. The summed E-state index contributed by atoms with van der Waals surface area (Å²) in [6, 6.07) is 16.2. The minimum Gasteiger partial charge on any atom is -0.494 e. The predicted molar refractivity (Wildman–Crippen MR) is 90.8 cm³/mol. The van der Waals surface area contributed by atoms with E-state index in [0.717, 1.165) is 5.56 Å². The van der Waals surface area contributed by atoms with Gasteiger partial charge in [0.1, 0.15) is 5.75 Å². The van der Waals surface area contributed by atoms with Crippen LogP contribution in [0.5, 0.6) is 5.75 Å². The van der Waals surface area contributed by atoms with Crippen LogP contribution in [-0.4, -0.2) is 24.6 Å². The molecule has 0 saturated heterocycles. The van der Waals surface area contributed by atoms with Crippen molar-refractivity contribution in [3.05, 3.63) is 65.7 Å². The van der Waals surface area contributed by atoms with E-state index in [1.807, 2.05) is 37.3 Å². The van der Waals surface area contributed by atoms with Crippen molar-refractivity contribution >= 4 is 11.9 Å². The van der Waals surface area contributed by atoms with Gasteiger partial charge in [-0.25, -0.2) is 4.79 Å². The third kappa shape index (κ3) is 5.12. The zero-order valence-corrected chi connectivity index (χ0v) is 13.8. The average Bonchev–Trinajstić information content (AvgIpc) is 2.61. The van der Waals surface area contributed by atoms with Gasteiger partial charge in [-0.2, -0.15) is 0 Å². The molecule has 1 N–H and O–H groups in total. The van der Waals surface area contributed by atoms with Crippen molar-refractivity contribution in [3.63, 3.8) is 0 Å². The van der Waals surface area contributed by atoms with E-state index in [4.69, 9.17) is 9.47 Å². The third-order valence-corrected chi connectivity index (χ3v) is 3.36. The summed E-state index contributed by atoms with van der Waals surface area (Å²) in [5.41, 5.74) is 1.36. The summed E-state index contributed by atoms with van der Waals surface area (Å²) in [4.78, 5) is 24.1. The fourth-order valence-electron chi connectivity index (χ4n) is 2.06. The molecule has 5 heteroatoms. The van der Waals surface area contributed by atoms with Crippen molar-refractivity contribution in [2.45, 2.75) is 26.5 Å². The van der Waals surface area contributed by atoms with Crippen LogP contribution in [0.25, 0.3) is 0 Å². The lowest BCUT2D eigenvalue weighted by molar-refractivity contribution is -0.129. The van der Waals surface area contributed by atoms with Gasteiger partial charge in [-0.3, -0.25) is 4.79 Å². The van der Waals surface area contributed by atoms with E-state index in [9.17, 15) is 9.59 Å². The predicted octanol–water partition coefficient (Wildman–Crippen LogP) is 2.95. The van der Waals surface area contributed by atoms with Crippen LogP contribution in [0.1, 0.15) is 29.8 Å². The van der Waals surface area contributed by atoms with Crippen molar-refractivity contribution in [3.8, 4) is 5.75 Å². The van der Waals surface area contributed by atoms with E-state index in [-0.39, 0.29) is 5.91 Å². The van der Waals surface area contributed by atoms with Gasteiger partial charge in [-0.15, -0.1) is 0 Å². The molecule has 24 heavy (non-hydrogen) atoms. The normalized spacial score (nSPS) is 11.4. The highest BCUT2D eigenvalue weighted by Gasteiger charge is 2.18. The molecule has 5 nitrogen and oxygen atoms in total. The molecule has 0 saturated carbocycles. The van der Waals surface area contributed by atoms with Crippen molar-refractivity contribution in [1.29, 1.82) is 0 Å². The Bertz CT molecular complexity index is 668. The smallest absolute Gasteiger partial charge is 0.338 e. The van der Waals surface area contributed by atoms with E-state index in [2.05, 4.69) is 5.32 Å². The molecule has 1 amide bonds. The minimum atomic E-state index is -0.868. The second-order valence-electron chi connectivity index (χ2n) is 5.21. The standard InChI is InChI=1S/C19H21NO4/c1-3-23-17-11-9-16(10-12-17)19(22)24-14(2)18(21)20-13-15-7-5-4-6-8-15/h4-12,14H,3,13H2,1-2H3,(H,20,21)/t14-/m1/s1. The van der Waals surface area contributed by atoms with Crippen LogP contribution in [0.4, 0.5) is 0 Å². The van der Waals surface area contributed by atoms with Crippen LogP contribution in [0, 0.1) is 0 Å². The number of carbonyl (C=O) groups excluding carboxylic acids is 2. The number of esters is 1. The molecule has 0 aliphatic heterocycles. The van der Waals surface area contributed by atoms with Gasteiger partial charge >= 0.3 is 5.97 Å². The number of ether oxygens (including phenoxy) is 2. The molecule has 0 heterocycles. The summed E-state index contributed by atoms with van der Waals surface area (Å²) in [5.74, 6) is -0.193. The minimum absolute atomic E-state index is 0.335. The van der Waals surface area contributed by atoms with Gasteiger partial charge in [-0.05, 0) is 43.7 Å². The summed E-state index contributed by atoms with van der Waals surface area (Å²) in [5, 5.41) is 2.75. The van der Waals surface area contributed by atoms with Crippen molar-refractivity contribution in [2.75, 3.05) is 6.61 Å².